The summed E-state index contributed by atoms with van der Waals surface area (Å²) in [7, 11) is -3.21. The van der Waals surface area contributed by atoms with Gasteiger partial charge in [0, 0.05) is 31.2 Å². The molecule has 0 saturated carbocycles. The molecule has 1 aromatic heterocycles. The van der Waals surface area contributed by atoms with Gasteiger partial charge in [0.1, 0.15) is 0 Å². The lowest BCUT2D eigenvalue weighted by Crippen LogP contribution is -2.41. The van der Waals surface area contributed by atoms with Crippen molar-refractivity contribution in [2.24, 2.45) is 5.92 Å². The third-order valence-electron chi connectivity index (χ3n) is 5.41. The Hall–Kier alpha value is -2.39. The summed E-state index contributed by atoms with van der Waals surface area (Å²) in [5.74, 6) is 0.0150. The van der Waals surface area contributed by atoms with Gasteiger partial charge < -0.3 is 10.2 Å². The van der Waals surface area contributed by atoms with E-state index in [9.17, 15) is 18.0 Å². The molecule has 4 rings (SSSR count). The van der Waals surface area contributed by atoms with Crippen LogP contribution < -0.4 is 9.62 Å². The normalized spacial score (nSPS) is 19.3. The molecule has 2 fully saturated rings. The van der Waals surface area contributed by atoms with Crippen molar-refractivity contribution in [2.75, 3.05) is 35.0 Å². The smallest absolute Gasteiger partial charge is 0.263 e. The van der Waals surface area contributed by atoms with E-state index in [1.165, 1.54) is 15.6 Å². The van der Waals surface area contributed by atoms with Crippen LogP contribution >= 0.6 is 11.3 Å². The van der Waals surface area contributed by atoms with Crippen molar-refractivity contribution in [3.63, 3.8) is 0 Å². The zero-order valence-corrected chi connectivity index (χ0v) is 17.5. The Bertz CT molecular complexity index is 979. The molecule has 2 aliphatic rings. The number of carbonyl (C=O) groups is 2. The number of anilines is 2. The highest BCUT2D eigenvalue weighted by atomic mass is 32.2. The van der Waals surface area contributed by atoms with Gasteiger partial charge in [0.2, 0.25) is 15.9 Å². The average molecular weight is 434 g/mol. The Morgan fingerprint density at radius 2 is 1.76 bits per heavy atom. The van der Waals surface area contributed by atoms with E-state index >= 15 is 0 Å². The van der Waals surface area contributed by atoms with Gasteiger partial charge in [-0.25, -0.2) is 8.42 Å². The lowest BCUT2D eigenvalue weighted by atomic mass is 9.95. The lowest BCUT2D eigenvalue weighted by molar-refractivity contribution is -0.121. The van der Waals surface area contributed by atoms with Gasteiger partial charge in [0.15, 0.2) is 0 Å². The highest BCUT2D eigenvalue weighted by Gasteiger charge is 2.29. The largest absolute Gasteiger partial charge is 0.338 e. The van der Waals surface area contributed by atoms with Crippen molar-refractivity contribution in [3.8, 4) is 0 Å². The SMILES string of the molecule is O=C(Nc1ccc(N2CCCS2(=O)=O)cc1)C1CCN(C(=O)c2cccs2)CC1. The predicted molar refractivity (Wildman–Crippen MR) is 114 cm³/mol. The summed E-state index contributed by atoms with van der Waals surface area (Å²) in [6, 6.07) is 10.6. The van der Waals surface area contributed by atoms with E-state index in [0.717, 1.165) is 4.88 Å². The number of rotatable bonds is 4. The minimum Gasteiger partial charge on any atom is -0.338 e. The number of piperidine rings is 1. The number of likely N-dealkylation sites (tertiary alicyclic amines) is 1. The lowest BCUT2D eigenvalue weighted by Gasteiger charge is -2.31. The third-order valence-corrected chi connectivity index (χ3v) is 8.13. The number of thiophene rings is 1. The van der Waals surface area contributed by atoms with Crippen molar-refractivity contribution in [1.82, 2.24) is 4.90 Å². The van der Waals surface area contributed by atoms with Gasteiger partial charge in [-0.2, -0.15) is 0 Å². The van der Waals surface area contributed by atoms with E-state index in [1.807, 2.05) is 17.5 Å². The molecule has 9 heteroatoms. The fourth-order valence-corrected chi connectivity index (χ4v) is 6.04. The molecule has 2 amide bonds. The molecule has 3 heterocycles. The molecule has 154 valence electrons. The minimum absolute atomic E-state index is 0.0336. The number of carbonyl (C=O) groups excluding carboxylic acids is 2. The molecule has 0 aliphatic carbocycles. The molecule has 0 spiro atoms. The first kappa shape index (κ1) is 19.9. The molecule has 2 aromatic rings. The molecule has 1 aromatic carbocycles. The Morgan fingerprint density at radius 3 is 2.34 bits per heavy atom. The molecule has 0 atom stereocenters. The van der Waals surface area contributed by atoms with Gasteiger partial charge >= 0.3 is 0 Å². The Kier molecular flexibility index (Phi) is 5.60. The van der Waals surface area contributed by atoms with Crippen molar-refractivity contribution in [3.05, 3.63) is 46.7 Å². The van der Waals surface area contributed by atoms with Gasteiger partial charge in [0.05, 0.1) is 16.3 Å². The quantitative estimate of drug-likeness (QED) is 0.803. The van der Waals surface area contributed by atoms with Crippen molar-refractivity contribution >= 4 is 44.5 Å². The van der Waals surface area contributed by atoms with Crippen molar-refractivity contribution in [2.45, 2.75) is 19.3 Å². The molecular formula is C20H23N3O4S2. The summed E-state index contributed by atoms with van der Waals surface area (Å²) in [5.41, 5.74) is 1.27. The van der Waals surface area contributed by atoms with Gasteiger partial charge in [-0.1, -0.05) is 6.07 Å². The number of hydrogen-bond donors (Lipinski definition) is 1. The molecule has 0 unspecified atom stereocenters. The fraction of sp³-hybridized carbons (Fsp3) is 0.400. The summed E-state index contributed by atoms with van der Waals surface area (Å²) in [4.78, 5) is 27.5. The van der Waals surface area contributed by atoms with Gasteiger partial charge in [-0.15, -0.1) is 11.3 Å². The highest BCUT2D eigenvalue weighted by Crippen LogP contribution is 2.26. The van der Waals surface area contributed by atoms with E-state index < -0.39 is 10.0 Å². The predicted octanol–water partition coefficient (Wildman–Crippen LogP) is 2.78. The summed E-state index contributed by atoms with van der Waals surface area (Å²) in [6.07, 6.45) is 1.90. The zero-order valence-electron chi connectivity index (χ0n) is 15.9. The maximum atomic E-state index is 12.6. The second kappa shape index (κ2) is 8.16. The van der Waals surface area contributed by atoms with Gasteiger partial charge in [-0.05, 0) is 55.0 Å². The first-order valence-electron chi connectivity index (χ1n) is 9.68. The summed E-state index contributed by atoms with van der Waals surface area (Å²) >= 11 is 1.43. The third kappa shape index (κ3) is 4.30. The molecule has 7 nitrogen and oxygen atoms in total. The second-order valence-corrected chi connectivity index (χ2v) is 10.3. The summed E-state index contributed by atoms with van der Waals surface area (Å²) < 4.78 is 25.4. The zero-order chi connectivity index (χ0) is 20.4. The van der Waals surface area contributed by atoms with Crippen LogP contribution in [0.1, 0.15) is 28.9 Å². The molecule has 1 N–H and O–H groups in total. The minimum atomic E-state index is -3.21. The van der Waals surface area contributed by atoms with Crippen LogP contribution in [0.15, 0.2) is 41.8 Å². The van der Waals surface area contributed by atoms with Gasteiger partial charge in [-0.3, -0.25) is 13.9 Å². The Morgan fingerprint density at radius 1 is 1.03 bits per heavy atom. The number of hydrogen-bond acceptors (Lipinski definition) is 5. The van der Waals surface area contributed by atoms with E-state index in [-0.39, 0.29) is 23.5 Å². The van der Waals surface area contributed by atoms with Gasteiger partial charge in [0.25, 0.3) is 5.91 Å². The Labute approximate surface area is 174 Å². The second-order valence-electron chi connectivity index (χ2n) is 7.32. The molecule has 0 radical (unpaired) electrons. The first-order chi connectivity index (χ1) is 13.9. The standard InChI is InChI=1S/C20H23N3O4S2/c24-19(15-8-11-22(12-9-15)20(25)18-3-1-13-28-18)21-16-4-6-17(7-5-16)23-10-2-14-29(23,26)27/h1,3-7,13,15H,2,8-12,14H2,(H,21,24). The molecular weight excluding hydrogens is 410 g/mol. The number of nitrogens with zero attached hydrogens (tertiary/aromatic N) is 2. The first-order valence-corrected chi connectivity index (χ1v) is 12.2. The monoisotopic (exact) mass is 433 g/mol. The van der Waals surface area contributed by atoms with Crippen LogP contribution in [0.2, 0.25) is 0 Å². The summed E-state index contributed by atoms with van der Waals surface area (Å²) in [5, 5.41) is 4.80. The highest BCUT2D eigenvalue weighted by molar-refractivity contribution is 7.93. The average Bonchev–Trinajstić information content (AvgIpc) is 3.38. The van der Waals surface area contributed by atoms with Crippen molar-refractivity contribution < 1.29 is 18.0 Å². The number of nitrogens with one attached hydrogen (secondary N) is 1. The van der Waals surface area contributed by atoms with Crippen LogP contribution in [0.4, 0.5) is 11.4 Å². The van der Waals surface area contributed by atoms with Crippen LogP contribution in [0.5, 0.6) is 0 Å². The number of benzene rings is 1. The maximum absolute atomic E-state index is 12.6. The molecule has 2 saturated heterocycles. The van der Waals surface area contributed by atoms with Crippen LogP contribution in [0.25, 0.3) is 0 Å². The molecule has 29 heavy (non-hydrogen) atoms. The number of sulfonamides is 1. The van der Waals surface area contributed by atoms with Crippen LogP contribution in [-0.2, 0) is 14.8 Å². The molecule has 0 bridgehead atoms. The van der Waals surface area contributed by atoms with E-state index in [4.69, 9.17) is 0 Å². The maximum Gasteiger partial charge on any atom is 0.263 e. The fourth-order valence-electron chi connectivity index (χ4n) is 3.79. The van der Waals surface area contributed by atoms with E-state index in [0.29, 0.717) is 50.3 Å². The topological polar surface area (TPSA) is 86.8 Å². The molecule has 2 aliphatic heterocycles. The van der Waals surface area contributed by atoms with Crippen molar-refractivity contribution in [1.29, 1.82) is 0 Å². The van der Waals surface area contributed by atoms with E-state index in [1.54, 1.807) is 29.2 Å². The van der Waals surface area contributed by atoms with Crippen LogP contribution in [0.3, 0.4) is 0 Å². The Balaban J connectivity index is 1.31. The van der Waals surface area contributed by atoms with Crippen LogP contribution in [0, 0.1) is 5.92 Å². The number of amides is 2. The summed E-state index contributed by atoms with van der Waals surface area (Å²) in [6.45, 7) is 1.64. The van der Waals surface area contributed by atoms with E-state index in [2.05, 4.69) is 5.32 Å². The van der Waals surface area contributed by atoms with Crippen LogP contribution in [-0.4, -0.2) is 50.5 Å².